The van der Waals surface area contributed by atoms with Crippen LogP contribution >= 0.6 is 23.2 Å². The lowest BCUT2D eigenvalue weighted by atomic mass is 10.1. The Balaban J connectivity index is 2.22. The molecule has 0 spiro atoms. The third-order valence-electron chi connectivity index (χ3n) is 3.10. The molecule has 19 heavy (non-hydrogen) atoms. The Morgan fingerprint density at radius 3 is 2.53 bits per heavy atom. The van der Waals surface area contributed by atoms with E-state index in [1.165, 1.54) is 5.56 Å². The SMILES string of the molecule is CC(c1ccc(Cl)cc1)N(C)c1cncc(CCl)n1. The summed E-state index contributed by atoms with van der Waals surface area (Å²) in [6.45, 7) is 2.11. The van der Waals surface area contributed by atoms with Crippen molar-refractivity contribution in [3.8, 4) is 0 Å². The Hall–Kier alpha value is -1.32. The third-order valence-corrected chi connectivity index (χ3v) is 3.63. The summed E-state index contributed by atoms with van der Waals surface area (Å²) in [5.74, 6) is 1.17. The Bertz CT molecular complexity index is 543. The normalized spacial score (nSPS) is 12.2. The van der Waals surface area contributed by atoms with Crippen molar-refractivity contribution in [2.45, 2.75) is 18.8 Å². The highest BCUT2D eigenvalue weighted by molar-refractivity contribution is 6.30. The van der Waals surface area contributed by atoms with E-state index in [1.807, 2.05) is 31.3 Å². The largest absolute Gasteiger partial charge is 0.352 e. The second-order valence-electron chi connectivity index (χ2n) is 4.34. The number of anilines is 1. The van der Waals surface area contributed by atoms with E-state index in [2.05, 4.69) is 21.8 Å². The molecule has 0 amide bonds. The molecule has 0 aliphatic carbocycles. The van der Waals surface area contributed by atoms with Crippen molar-refractivity contribution >= 4 is 29.0 Å². The van der Waals surface area contributed by atoms with E-state index in [0.29, 0.717) is 5.88 Å². The number of hydrogen-bond donors (Lipinski definition) is 0. The molecule has 2 aromatic rings. The quantitative estimate of drug-likeness (QED) is 0.796. The van der Waals surface area contributed by atoms with Crippen molar-refractivity contribution in [3.05, 3.63) is 52.9 Å². The van der Waals surface area contributed by atoms with Crippen LogP contribution in [0, 0.1) is 0 Å². The van der Waals surface area contributed by atoms with Crippen molar-refractivity contribution in [3.63, 3.8) is 0 Å². The van der Waals surface area contributed by atoms with Gasteiger partial charge in [-0.2, -0.15) is 0 Å². The molecule has 0 N–H and O–H groups in total. The first-order valence-corrected chi connectivity index (χ1v) is 6.88. The second-order valence-corrected chi connectivity index (χ2v) is 5.04. The minimum Gasteiger partial charge on any atom is -0.352 e. The number of aromatic nitrogens is 2. The van der Waals surface area contributed by atoms with Crippen molar-refractivity contribution in [2.75, 3.05) is 11.9 Å². The Kier molecular flexibility index (Phi) is 4.61. The van der Waals surface area contributed by atoms with Gasteiger partial charge in [-0.3, -0.25) is 4.98 Å². The first-order chi connectivity index (χ1) is 9.11. The molecular formula is C14H15Cl2N3. The monoisotopic (exact) mass is 295 g/mol. The predicted octanol–water partition coefficient (Wildman–Crippen LogP) is 4.07. The van der Waals surface area contributed by atoms with Crippen LogP contribution in [0.5, 0.6) is 0 Å². The Labute approximate surface area is 123 Å². The number of rotatable bonds is 4. The first kappa shape index (κ1) is 14.1. The third kappa shape index (κ3) is 3.37. The summed E-state index contributed by atoms with van der Waals surface area (Å²) in [6, 6.07) is 7.99. The van der Waals surface area contributed by atoms with Gasteiger partial charge in [0, 0.05) is 18.3 Å². The standard InChI is InChI=1S/C14H15Cl2N3/c1-10(11-3-5-12(16)6-4-11)19(2)14-9-17-8-13(7-15)18-14/h3-6,8-10H,7H2,1-2H3. The zero-order valence-corrected chi connectivity index (χ0v) is 12.4. The molecule has 1 aromatic heterocycles. The van der Waals surface area contributed by atoms with Crippen LogP contribution in [0.15, 0.2) is 36.7 Å². The van der Waals surface area contributed by atoms with Gasteiger partial charge in [0.25, 0.3) is 0 Å². The maximum absolute atomic E-state index is 5.90. The van der Waals surface area contributed by atoms with E-state index in [4.69, 9.17) is 23.2 Å². The van der Waals surface area contributed by atoms with Crippen molar-refractivity contribution in [1.29, 1.82) is 0 Å². The number of halogens is 2. The van der Waals surface area contributed by atoms with E-state index < -0.39 is 0 Å². The van der Waals surface area contributed by atoms with Crippen LogP contribution in [-0.4, -0.2) is 17.0 Å². The molecule has 0 aliphatic rings. The molecule has 0 fully saturated rings. The molecular weight excluding hydrogens is 281 g/mol. The molecule has 0 saturated carbocycles. The minimum absolute atomic E-state index is 0.178. The highest BCUT2D eigenvalue weighted by Gasteiger charge is 2.14. The topological polar surface area (TPSA) is 29.0 Å². The zero-order chi connectivity index (χ0) is 13.8. The molecule has 5 heteroatoms. The van der Waals surface area contributed by atoms with E-state index >= 15 is 0 Å². The van der Waals surface area contributed by atoms with Gasteiger partial charge in [-0.05, 0) is 24.6 Å². The second kappa shape index (κ2) is 6.22. The number of alkyl halides is 1. The Morgan fingerprint density at radius 2 is 1.89 bits per heavy atom. The molecule has 1 unspecified atom stereocenters. The fourth-order valence-corrected chi connectivity index (χ4v) is 2.05. The molecule has 0 radical (unpaired) electrons. The highest BCUT2D eigenvalue weighted by Crippen LogP contribution is 2.24. The van der Waals surface area contributed by atoms with E-state index in [-0.39, 0.29) is 6.04 Å². The van der Waals surface area contributed by atoms with Gasteiger partial charge in [0.15, 0.2) is 0 Å². The molecule has 100 valence electrons. The summed E-state index contributed by atoms with van der Waals surface area (Å²) in [7, 11) is 1.99. The van der Waals surface area contributed by atoms with Gasteiger partial charge < -0.3 is 4.90 Å². The lowest BCUT2D eigenvalue weighted by molar-refractivity contribution is 0.724. The van der Waals surface area contributed by atoms with Crippen LogP contribution < -0.4 is 4.90 Å². The van der Waals surface area contributed by atoms with Gasteiger partial charge in [0.05, 0.1) is 23.8 Å². The maximum atomic E-state index is 5.90. The molecule has 0 bridgehead atoms. The van der Waals surface area contributed by atoms with Gasteiger partial charge in [-0.15, -0.1) is 11.6 Å². The summed E-state index contributed by atoms with van der Waals surface area (Å²) < 4.78 is 0. The van der Waals surface area contributed by atoms with Gasteiger partial charge in [-0.25, -0.2) is 4.98 Å². The number of benzene rings is 1. The van der Waals surface area contributed by atoms with E-state index in [9.17, 15) is 0 Å². The van der Waals surface area contributed by atoms with Gasteiger partial charge in [0.1, 0.15) is 5.82 Å². The average molecular weight is 296 g/mol. The van der Waals surface area contributed by atoms with Crippen LogP contribution in [0.25, 0.3) is 0 Å². The fraction of sp³-hybridized carbons (Fsp3) is 0.286. The molecule has 3 nitrogen and oxygen atoms in total. The lowest BCUT2D eigenvalue weighted by Gasteiger charge is -2.26. The van der Waals surface area contributed by atoms with E-state index in [1.54, 1.807) is 12.4 Å². The van der Waals surface area contributed by atoms with Gasteiger partial charge in [0.2, 0.25) is 0 Å². The minimum atomic E-state index is 0.178. The van der Waals surface area contributed by atoms with Gasteiger partial charge >= 0.3 is 0 Å². The van der Waals surface area contributed by atoms with Crippen LogP contribution in [0.2, 0.25) is 5.02 Å². The van der Waals surface area contributed by atoms with Crippen LogP contribution in [0.1, 0.15) is 24.2 Å². The zero-order valence-electron chi connectivity index (χ0n) is 10.8. The number of nitrogens with zero attached hydrogens (tertiary/aromatic N) is 3. The number of hydrogen-bond acceptors (Lipinski definition) is 3. The molecule has 0 saturated heterocycles. The molecule has 1 atom stereocenters. The molecule has 2 rings (SSSR count). The smallest absolute Gasteiger partial charge is 0.147 e. The van der Waals surface area contributed by atoms with Crippen LogP contribution in [0.3, 0.4) is 0 Å². The summed E-state index contributed by atoms with van der Waals surface area (Å²) >= 11 is 11.7. The van der Waals surface area contributed by atoms with E-state index in [0.717, 1.165) is 16.5 Å². The van der Waals surface area contributed by atoms with Gasteiger partial charge in [-0.1, -0.05) is 23.7 Å². The van der Waals surface area contributed by atoms with Crippen molar-refractivity contribution < 1.29 is 0 Å². The summed E-state index contributed by atoms with van der Waals surface area (Å²) in [6.07, 6.45) is 3.42. The summed E-state index contributed by atoms with van der Waals surface area (Å²) in [5.41, 5.74) is 1.94. The molecule has 1 aromatic carbocycles. The highest BCUT2D eigenvalue weighted by atomic mass is 35.5. The predicted molar refractivity (Wildman–Crippen MR) is 79.9 cm³/mol. The fourth-order valence-electron chi connectivity index (χ4n) is 1.79. The maximum Gasteiger partial charge on any atom is 0.147 e. The first-order valence-electron chi connectivity index (χ1n) is 5.97. The average Bonchev–Trinajstić information content (AvgIpc) is 2.46. The van der Waals surface area contributed by atoms with Crippen molar-refractivity contribution in [2.24, 2.45) is 0 Å². The lowest BCUT2D eigenvalue weighted by Crippen LogP contribution is -2.23. The Morgan fingerprint density at radius 1 is 1.21 bits per heavy atom. The van der Waals surface area contributed by atoms with Crippen LogP contribution in [-0.2, 0) is 5.88 Å². The van der Waals surface area contributed by atoms with Crippen molar-refractivity contribution in [1.82, 2.24) is 9.97 Å². The molecule has 0 aliphatic heterocycles. The van der Waals surface area contributed by atoms with Crippen LogP contribution in [0.4, 0.5) is 5.82 Å². The summed E-state index contributed by atoms with van der Waals surface area (Å²) in [5, 5.41) is 0.738. The summed E-state index contributed by atoms with van der Waals surface area (Å²) in [4.78, 5) is 10.7. The molecule has 1 heterocycles.